The molecule has 1 aliphatic rings. The molecule has 0 spiro atoms. The zero-order chi connectivity index (χ0) is 19.8. The van der Waals surface area contributed by atoms with Crippen molar-refractivity contribution in [2.45, 2.75) is 19.0 Å². The average molecular weight is 410 g/mol. The van der Waals surface area contributed by atoms with E-state index in [0.717, 1.165) is 14.0 Å². The van der Waals surface area contributed by atoms with Crippen LogP contribution in [0, 0.1) is 0 Å². The van der Waals surface area contributed by atoms with E-state index in [4.69, 9.17) is 23.2 Å². The highest BCUT2D eigenvalue weighted by atomic mass is 35.5. The molecule has 0 radical (unpaired) electrons. The summed E-state index contributed by atoms with van der Waals surface area (Å²) in [6, 6.07) is 4.08. The Morgan fingerprint density at radius 2 is 1.85 bits per heavy atom. The molecule has 0 aromatic heterocycles. The number of allylic oxidation sites excluding steroid dienone is 2. The maximum atomic E-state index is 13.5. The summed E-state index contributed by atoms with van der Waals surface area (Å²) in [4.78, 5) is 23.9. The zero-order valence-electron chi connectivity index (χ0n) is 13.4. The first-order valence-corrected chi connectivity index (χ1v) is 7.81. The summed E-state index contributed by atoms with van der Waals surface area (Å²) in [5, 5.41) is 11.3. The van der Waals surface area contributed by atoms with Crippen molar-refractivity contribution in [1.29, 1.82) is 0 Å². The van der Waals surface area contributed by atoms with Crippen molar-refractivity contribution in [2.75, 3.05) is 7.11 Å². The number of carbonyl (C=O) groups excluding carboxylic acids is 1. The minimum Gasteiger partial charge on any atom is -0.478 e. The van der Waals surface area contributed by atoms with Gasteiger partial charge in [0.15, 0.2) is 0 Å². The van der Waals surface area contributed by atoms with Crippen molar-refractivity contribution in [3.05, 3.63) is 56.3 Å². The van der Waals surface area contributed by atoms with Gasteiger partial charge in [0.25, 0.3) is 0 Å². The number of esters is 1. The lowest BCUT2D eigenvalue weighted by molar-refractivity contribution is -0.138. The molecule has 5 nitrogen and oxygen atoms in total. The molecule has 2 N–H and O–H groups in total. The SMILES string of the molecule is COC(=O)C1=C(C(F)(F)F)NC(C)=C(C(=O)O)C1c1cccc(Cl)c1Cl. The minimum atomic E-state index is -4.96. The maximum absolute atomic E-state index is 13.5. The summed E-state index contributed by atoms with van der Waals surface area (Å²) in [6.45, 7) is 1.16. The van der Waals surface area contributed by atoms with Crippen LogP contribution >= 0.6 is 23.2 Å². The van der Waals surface area contributed by atoms with Crippen molar-refractivity contribution >= 4 is 35.1 Å². The quantitative estimate of drug-likeness (QED) is 0.737. The fourth-order valence-electron chi connectivity index (χ4n) is 2.72. The number of dihydropyridines is 1. The van der Waals surface area contributed by atoms with Crippen LogP contribution in [0.1, 0.15) is 18.4 Å². The summed E-state index contributed by atoms with van der Waals surface area (Å²) < 4.78 is 45.0. The van der Waals surface area contributed by atoms with E-state index in [1.54, 1.807) is 0 Å². The van der Waals surface area contributed by atoms with Gasteiger partial charge in [0.05, 0.1) is 34.2 Å². The Morgan fingerprint density at radius 1 is 1.23 bits per heavy atom. The molecule has 1 aromatic rings. The lowest BCUT2D eigenvalue weighted by atomic mass is 9.80. The molecule has 1 atom stereocenters. The molecule has 1 heterocycles. The fraction of sp³-hybridized carbons (Fsp3) is 0.250. The molecule has 0 saturated heterocycles. The van der Waals surface area contributed by atoms with Crippen molar-refractivity contribution in [3.8, 4) is 0 Å². The number of aliphatic carboxylic acids is 1. The van der Waals surface area contributed by atoms with E-state index in [9.17, 15) is 27.9 Å². The number of halogens is 5. The van der Waals surface area contributed by atoms with Crippen LogP contribution < -0.4 is 5.32 Å². The molecule has 10 heteroatoms. The summed E-state index contributed by atoms with van der Waals surface area (Å²) >= 11 is 12.0. The van der Waals surface area contributed by atoms with E-state index in [2.05, 4.69) is 4.74 Å². The van der Waals surface area contributed by atoms with Gasteiger partial charge in [0.2, 0.25) is 0 Å². The van der Waals surface area contributed by atoms with Crippen LogP contribution in [0.3, 0.4) is 0 Å². The highest BCUT2D eigenvalue weighted by molar-refractivity contribution is 6.42. The second kappa shape index (κ2) is 7.20. The molecule has 0 amide bonds. The lowest BCUT2D eigenvalue weighted by Gasteiger charge is -2.31. The smallest absolute Gasteiger partial charge is 0.431 e. The first kappa shape index (κ1) is 20.1. The summed E-state index contributed by atoms with van der Waals surface area (Å²) in [7, 11) is 0.894. The first-order chi connectivity index (χ1) is 12.0. The van der Waals surface area contributed by atoms with Crippen molar-refractivity contribution < 1.29 is 32.6 Å². The monoisotopic (exact) mass is 409 g/mol. The number of carbonyl (C=O) groups is 2. The van der Waals surface area contributed by atoms with Gasteiger partial charge in [-0.25, -0.2) is 9.59 Å². The Bertz CT molecular complexity index is 846. The molecular formula is C16H12Cl2F3NO4. The van der Waals surface area contributed by atoms with Crippen molar-refractivity contribution in [1.82, 2.24) is 5.32 Å². The van der Waals surface area contributed by atoms with Gasteiger partial charge in [-0.3, -0.25) is 0 Å². The number of methoxy groups -OCH3 is 1. The van der Waals surface area contributed by atoms with Gasteiger partial charge in [0.1, 0.15) is 5.70 Å². The van der Waals surface area contributed by atoms with Crippen LogP contribution in [-0.4, -0.2) is 30.3 Å². The second-order valence-corrected chi connectivity index (χ2v) is 6.11. The molecule has 0 bridgehead atoms. The van der Waals surface area contributed by atoms with Gasteiger partial charge in [-0.15, -0.1) is 0 Å². The largest absolute Gasteiger partial charge is 0.478 e. The van der Waals surface area contributed by atoms with Gasteiger partial charge in [-0.2, -0.15) is 13.2 Å². The highest BCUT2D eigenvalue weighted by Gasteiger charge is 2.47. The third kappa shape index (κ3) is 3.52. The van der Waals surface area contributed by atoms with Crippen LogP contribution in [0.5, 0.6) is 0 Å². The molecular weight excluding hydrogens is 398 g/mol. The van der Waals surface area contributed by atoms with Crippen LogP contribution in [0.25, 0.3) is 0 Å². The van der Waals surface area contributed by atoms with Gasteiger partial charge in [-0.05, 0) is 18.6 Å². The predicted octanol–water partition coefficient (Wildman–Crippen LogP) is 4.03. The van der Waals surface area contributed by atoms with Crippen LogP contribution in [0.15, 0.2) is 40.7 Å². The van der Waals surface area contributed by atoms with E-state index >= 15 is 0 Å². The molecule has 2 rings (SSSR count). The topological polar surface area (TPSA) is 75.6 Å². The lowest BCUT2D eigenvalue weighted by Crippen LogP contribution is -2.38. The maximum Gasteiger partial charge on any atom is 0.431 e. The Hall–Kier alpha value is -2.19. The number of hydrogen-bond acceptors (Lipinski definition) is 4. The van der Waals surface area contributed by atoms with Crippen molar-refractivity contribution in [2.24, 2.45) is 0 Å². The number of carboxylic acid groups (broad SMARTS) is 1. The number of benzene rings is 1. The van der Waals surface area contributed by atoms with Gasteiger partial charge in [0, 0.05) is 5.70 Å². The molecule has 0 aliphatic carbocycles. The molecule has 0 saturated carbocycles. The second-order valence-electron chi connectivity index (χ2n) is 5.32. The third-order valence-corrected chi connectivity index (χ3v) is 4.61. The minimum absolute atomic E-state index is 0.00265. The van der Waals surface area contributed by atoms with Gasteiger partial charge >= 0.3 is 18.1 Å². The third-order valence-electron chi connectivity index (χ3n) is 3.77. The Kier molecular flexibility index (Phi) is 5.58. The van der Waals surface area contributed by atoms with Gasteiger partial charge in [-0.1, -0.05) is 35.3 Å². The number of alkyl halides is 3. The number of hydrogen-bond donors (Lipinski definition) is 2. The molecule has 1 aromatic carbocycles. The molecule has 0 fully saturated rings. The van der Waals surface area contributed by atoms with E-state index in [1.807, 2.05) is 5.32 Å². The van der Waals surface area contributed by atoms with Crippen LogP contribution in [0.4, 0.5) is 13.2 Å². The molecule has 1 aliphatic heterocycles. The van der Waals surface area contributed by atoms with Crippen LogP contribution in [0.2, 0.25) is 10.0 Å². The zero-order valence-corrected chi connectivity index (χ0v) is 14.9. The molecule has 140 valence electrons. The summed E-state index contributed by atoms with van der Waals surface area (Å²) in [6.07, 6.45) is -4.96. The Labute approximate surface area is 156 Å². The van der Waals surface area contributed by atoms with Gasteiger partial charge < -0.3 is 15.2 Å². The first-order valence-electron chi connectivity index (χ1n) is 7.05. The predicted molar refractivity (Wildman–Crippen MR) is 87.8 cm³/mol. The number of rotatable bonds is 3. The van der Waals surface area contributed by atoms with E-state index < -0.39 is 40.9 Å². The number of ether oxygens (including phenoxy) is 1. The Balaban J connectivity index is 2.90. The normalized spacial score (nSPS) is 17.9. The van der Waals surface area contributed by atoms with Crippen molar-refractivity contribution in [3.63, 3.8) is 0 Å². The highest BCUT2D eigenvalue weighted by Crippen LogP contribution is 2.45. The number of nitrogens with one attached hydrogen (secondary N) is 1. The number of carboxylic acids is 1. The average Bonchev–Trinajstić information content (AvgIpc) is 2.54. The standard InChI is InChI=1S/C16H12Cl2F3NO4/c1-6-9(14(23)24)10(7-4-3-5-8(17)12(7)18)11(15(25)26-2)13(22-6)16(19,20)21/h3-5,10,22H,1-2H3,(H,23,24). The van der Waals surface area contributed by atoms with E-state index in [-0.39, 0.29) is 21.3 Å². The van der Waals surface area contributed by atoms with Crippen LogP contribution in [-0.2, 0) is 14.3 Å². The fourth-order valence-corrected chi connectivity index (χ4v) is 3.14. The Morgan fingerprint density at radius 3 is 2.35 bits per heavy atom. The molecule has 1 unspecified atom stereocenters. The summed E-state index contributed by atoms with van der Waals surface area (Å²) in [5.41, 5.74) is -3.12. The summed E-state index contributed by atoms with van der Waals surface area (Å²) in [5.74, 6) is -4.47. The van der Waals surface area contributed by atoms with E-state index in [0.29, 0.717) is 0 Å². The van der Waals surface area contributed by atoms with E-state index in [1.165, 1.54) is 18.2 Å². The molecule has 26 heavy (non-hydrogen) atoms.